The van der Waals surface area contributed by atoms with E-state index in [9.17, 15) is 13.2 Å². The van der Waals surface area contributed by atoms with Crippen LogP contribution in [0.5, 0.6) is 5.75 Å². The largest absolute Gasteiger partial charge is 0.486 e. The fourth-order valence-electron chi connectivity index (χ4n) is 2.06. The molecule has 1 aromatic rings. The quantitative estimate of drug-likeness (QED) is 0.825. The van der Waals surface area contributed by atoms with Crippen molar-refractivity contribution in [2.45, 2.75) is 19.8 Å². The molecule has 1 aliphatic heterocycles. The van der Waals surface area contributed by atoms with Gasteiger partial charge in [0.15, 0.2) is 9.84 Å². The van der Waals surface area contributed by atoms with E-state index < -0.39 is 9.84 Å². The fraction of sp³-hybridized carbons (Fsp3) is 0.583. The molecule has 0 N–H and O–H groups in total. The maximum atomic E-state index is 11.5. The summed E-state index contributed by atoms with van der Waals surface area (Å²) < 4.78 is 33.3. The van der Waals surface area contributed by atoms with Crippen molar-refractivity contribution in [1.82, 2.24) is 0 Å². The topological polar surface area (TPSA) is 73.6 Å². The molecule has 0 bridgehead atoms. The molecule has 1 fully saturated rings. The summed E-state index contributed by atoms with van der Waals surface area (Å²) in [5.74, 6) is 1.03. The molecule has 0 radical (unpaired) electrons. The molecule has 0 aliphatic carbocycles. The molecule has 0 spiro atoms. The first-order valence-electron chi connectivity index (χ1n) is 5.89. The van der Waals surface area contributed by atoms with Crippen molar-refractivity contribution in [1.29, 1.82) is 0 Å². The zero-order valence-corrected chi connectivity index (χ0v) is 11.0. The van der Waals surface area contributed by atoms with Crippen molar-refractivity contribution >= 4 is 9.84 Å². The third-order valence-corrected chi connectivity index (χ3v) is 4.85. The number of hydrogen-bond acceptors (Lipinski definition) is 5. The van der Waals surface area contributed by atoms with Gasteiger partial charge in [-0.25, -0.2) is 8.42 Å². The van der Waals surface area contributed by atoms with Crippen LogP contribution in [0.15, 0.2) is 21.5 Å². The van der Waals surface area contributed by atoms with Crippen molar-refractivity contribution in [3.63, 3.8) is 0 Å². The minimum absolute atomic E-state index is 0.0375. The highest BCUT2D eigenvalue weighted by atomic mass is 32.2. The van der Waals surface area contributed by atoms with Crippen LogP contribution in [0.2, 0.25) is 0 Å². The van der Waals surface area contributed by atoms with Crippen LogP contribution >= 0.6 is 0 Å². The average molecular weight is 272 g/mol. The summed E-state index contributed by atoms with van der Waals surface area (Å²) in [6.07, 6.45) is 2.75. The Hall–Kier alpha value is -1.30. The normalized spacial score (nSPS) is 22.6. The first kappa shape index (κ1) is 13.1. The van der Waals surface area contributed by atoms with Gasteiger partial charge in [-0.05, 0) is 19.8 Å². The van der Waals surface area contributed by atoms with E-state index in [2.05, 4.69) is 0 Å². The van der Waals surface area contributed by atoms with Crippen molar-refractivity contribution in [3.05, 3.63) is 28.3 Å². The Balaban J connectivity index is 1.97. The molecule has 1 atom stereocenters. The van der Waals surface area contributed by atoms with Crippen LogP contribution in [0, 0.1) is 12.8 Å². The molecule has 1 saturated heterocycles. The van der Waals surface area contributed by atoms with E-state index in [4.69, 9.17) is 9.15 Å². The Morgan fingerprint density at radius 2 is 2.28 bits per heavy atom. The second-order valence-electron chi connectivity index (χ2n) is 4.65. The van der Waals surface area contributed by atoms with Crippen LogP contribution < -0.4 is 10.2 Å². The van der Waals surface area contributed by atoms with E-state index in [0.29, 0.717) is 12.2 Å². The zero-order chi connectivity index (χ0) is 13.2. The molecule has 6 heteroatoms. The molecule has 0 amide bonds. The second kappa shape index (κ2) is 5.14. The maximum Gasteiger partial charge on any atom is 0.226 e. The maximum absolute atomic E-state index is 11.5. The summed E-state index contributed by atoms with van der Waals surface area (Å²) in [6.45, 7) is 1.92. The summed E-state index contributed by atoms with van der Waals surface area (Å²) in [5.41, 5.74) is -0.239. The third kappa shape index (κ3) is 3.35. The molecule has 0 aromatic carbocycles. The minimum Gasteiger partial charge on any atom is -0.486 e. The summed E-state index contributed by atoms with van der Waals surface area (Å²) in [6, 6.07) is 1.35. The monoisotopic (exact) mass is 272 g/mol. The number of rotatable bonds is 3. The molecule has 18 heavy (non-hydrogen) atoms. The minimum atomic E-state index is -2.93. The van der Waals surface area contributed by atoms with Gasteiger partial charge in [-0.3, -0.25) is 4.79 Å². The van der Waals surface area contributed by atoms with Crippen LogP contribution in [0.1, 0.15) is 18.6 Å². The van der Waals surface area contributed by atoms with E-state index in [1.165, 1.54) is 12.3 Å². The number of ether oxygens (including phenoxy) is 1. The lowest BCUT2D eigenvalue weighted by Gasteiger charge is -2.21. The van der Waals surface area contributed by atoms with Crippen molar-refractivity contribution in [2.24, 2.45) is 5.92 Å². The zero-order valence-electron chi connectivity index (χ0n) is 10.2. The van der Waals surface area contributed by atoms with E-state index in [0.717, 1.165) is 6.42 Å². The first-order chi connectivity index (χ1) is 8.46. The van der Waals surface area contributed by atoms with Gasteiger partial charge in [0.05, 0.1) is 18.1 Å². The average Bonchev–Trinajstić information content (AvgIpc) is 2.26. The predicted octanol–water partition coefficient (Wildman–Crippen LogP) is 1.15. The molecular weight excluding hydrogens is 256 g/mol. The van der Waals surface area contributed by atoms with Gasteiger partial charge >= 0.3 is 0 Å². The Morgan fingerprint density at radius 3 is 2.94 bits per heavy atom. The van der Waals surface area contributed by atoms with E-state index in [1.807, 2.05) is 0 Å². The Labute approximate surface area is 106 Å². The van der Waals surface area contributed by atoms with E-state index >= 15 is 0 Å². The van der Waals surface area contributed by atoms with Crippen LogP contribution in [-0.2, 0) is 9.84 Å². The Morgan fingerprint density at radius 1 is 1.50 bits per heavy atom. The summed E-state index contributed by atoms with van der Waals surface area (Å²) in [4.78, 5) is 11.5. The molecule has 0 saturated carbocycles. The van der Waals surface area contributed by atoms with Crippen molar-refractivity contribution in [3.8, 4) is 5.75 Å². The molecule has 1 aromatic heterocycles. The van der Waals surface area contributed by atoms with Crippen LogP contribution in [-0.4, -0.2) is 26.5 Å². The predicted molar refractivity (Wildman–Crippen MR) is 66.6 cm³/mol. The van der Waals surface area contributed by atoms with Gasteiger partial charge in [-0.15, -0.1) is 0 Å². The molecule has 100 valence electrons. The molecule has 1 unspecified atom stereocenters. The van der Waals surface area contributed by atoms with Gasteiger partial charge in [0, 0.05) is 12.0 Å². The van der Waals surface area contributed by atoms with Gasteiger partial charge in [0.1, 0.15) is 12.0 Å². The standard InChI is InChI=1S/C12H16O5S/c1-9-5-11(13)12(7-16-9)17-6-10-3-2-4-18(14,15)8-10/h5,7,10H,2-4,6,8H2,1H3. The summed E-state index contributed by atoms with van der Waals surface area (Å²) in [7, 11) is -2.93. The number of aryl methyl sites for hydroxylation is 1. The Bertz CT molecular complexity index is 572. The van der Waals surface area contributed by atoms with Gasteiger partial charge in [-0.2, -0.15) is 0 Å². The molecule has 1 aliphatic rings. The SMILES string of the molecule is Cc1cc(=O)c(OCC2CCCS(=O)(=O)C2)co1. The first-order valence-corrected chi connectivity index (χ1v) is 7.71. The van der Waals surface area contributed by atoms with Gasteiger partial charge in [-0.1, -0.05) is 0 Å². The lowest BCUT2D eigenvalue weighted by atomic mass is 10.1. The van der Waals surface area contributed by atoms with Crippen molar-refractivity contribution < 1.29 is 17.6 Å². The molecular formula is C12H16O5S. The smallest absolute Gasteiger partial charge is 0.226 e. The summed E-state index contributed by atoms with van der Waals surface area (Å²) >= 11 is 0. The fourth-order valence-corrected chi connectivity index (χ4v) is 3.81. The highest BCUT2D eigenvalue weighted by Gasteiger charge is 2.25. The van der Waals surface area contributed by atoms with Gasteiger partial charge in [0.25, 0.3) is 0 Å². The van der Waals surface area contributed by atoms with Gasteiger partial charge < -0.3 is 9.15 Å². The van der Waals surface area contributed by atoms with Crippen molar-refractivity contribution in [2.75, 3.05) is 18.1 Å². The van der Waals surface area contributed by atoms with E-state index in [-0.39, 0.29) is 35.2 Å². The van der Waals surface area contributed by atoms with Crippen LogP contribution in [0.25, 0.3) is 0 Å². The molecule has 2 rings (SSSR count). The Kier molecular flexibility index (Phi) is 3.75. The summed E-state index contributed by atoms with van der Waals surface area (Å²) in [5, 5.41) is 0. The highest BCUT2D eigenvalue weighted by Crippen LogP contribution is 2.19. The van der Waals surface area contributed by atoms with Crippen LogP contribution in [0.3, 0.4) is 0 Å². The van der Waals surface area contributed by atoms with Gasteiger partial charge in [0.2, 0.25) is 11.2 Å². The van der Waals surface area contributed by atoms with E-state index in [1.54, 1.807) is 6.92 Å². The number of sulfone groups is 1. The van der Waals surface area contributed by atoms with Crippen LogP contribution in [0.4, 0.5) is 0 Å². The highest BCUT2D eigenvalue weighted by molar-refractivity contribution is 7.91. The lowest BCUT2D eigenvalue weighted by Crippen LogP contribution is -2.29. The molecule has 2 heterocycles. The lowest BCUT2D eigenvalue weighted by molar-refractivity contribution is 0.240. The number of hydrogen-bond donors (Lipinski definition) is 0. The molecule has 5 nitrogen and oxygen atoms in total. The second-order valence-corrected chi connectivity index (χ2v) is 6.88. The third-order valence-electron chi connectivity index (χ3n) is 2.96.